The second kappa shape index (κ2) is 6.57. The molecule has 1 N–H and O–H groups in total. The highest BCUT2D eigenvalue weighted by Gasteiger charge is 2.02. The van der Waals surface area contributed by atoms with E-state index in [0.717, 1.165) is 10.2 Å². The Labute approximate surface area is 120 Å². The standard InChI is InChI=1S/C15H15BrFNO/c1-11-3-2-4-13(9-11)18-7-8-19-15-10-12(17)5-6-14(15)16/h2-6,9-10,18H,7-8H2,1H3. The fourth-order valence-electron chi connectivity index (χ4n) is 1.70. The molecule has 0 saturated heterocycles. The van der Waals surface area contributed by atoms with Crippen molar-refractivity contribution in [1.29, 1.82) is 0 Å². The van der Waals surface area contributed by atoms with Gasteiger partial charge in [-0.25, -0.2) is 4.39 Å². The van der Waals surface area contributed by atoms with Gasteiger partial charge in [-0.2, -0.15) is 0 Å². The van der Waals surface area contributed by atoms with Crippen molar-refractivity contribution in [3.05, 3.63) is 58.3 Å². The highest BCUT2D eigenvalue weighted by Crippen LogP contribution is 2.25. The van der Waals surface area contributed by atoms with Crippen molar-refractivity contribution in [2.24, 2.45) is 0 Å². The molecule has 2 aromatic carbocycles. The van der Waals surface area contributed by atoms with Crippen LogP contribution in [-0.2, 0) is 0 Å². The Bertz CT molecular complexity index is 560. The predicted molar refractivity (Wildman–Crippen MR) is 79.3 cm³/mol. The van der Waals surface area contributed by atoms with Gasteiger partial charge in [0, 0.05) is 18.3 Å². The number of anilines is 1. The Morgan fingerprint density at radius 2 is 2.05 bits per heavy atom. The van der Waals surface area contributed by atoms with Gasteiger partial charge in [-0.05, 0) is 52.7 Å². The fraction of sp³-hybridized carbons (Fsp3) is 0.200. The number of hydrogen-bond donors (Lipinski definition) is 1. The van der Waals surface area contributed by atoms with E-state index in [9.17, 15) is 4.39 Å². The van der Waals surface area contributed by atoms with Gasteiger partial charge in [0.25, 0.3) is 0 Å². The average Bonchev–Trinajstić information content (AvgIpc) is 2.39. The Morgan fingerprint density at radius 3 is 2.84 bits per heavy atom. The van der Waals surface area contributed by atoms with E-state index in [1.165, 1.54) is 17.7 Å². The van der Waals surface area contributed by atoms with Gasteiger partial charge in [0.1, 0.15) is 18.2 Å². The lowest BCUT2D eigenvalue weighted by Gasteiger charge is -2.10. The zero-order valence-electron chi connectivity index (χ0n) is 10.6. The predicted octanol–water partition coefficient (Wildman–Crippen LogP) is 4.39. The average molecular weight is 324 g/mol. The molecule has 2 aromatic rings. The lowest BCUT2D eigenvalue weighted by atomic mass is 10.2. The first-order valence-corrected chi connectivity index (χ1v) is 6.83. The number of hydrogen-bond acceptors (Lipinski definition) is 2. The summed E-state index contributed by atoms with van der Waals surface area (Å²) in [5.74, 6) is 0.218. The van der Waals surface area contributed by atoms with Crippen LogP contribution in [0.3, 0.4) is 0 Å². The van der Waals surface area contributed by atoms with Crippen LogP contribution in [0.2, 0.25) is 0 Å². The van der Waals surface area contributed by atoms with E-state index in [1.54, 1.807) is 6.07 Å². The Hall–Kier alpha value is -1.55. The monoisotopic (exact) mass is 323 g/mol. The third-order valence-electron chi connectivity index (χ3n) is 2.60. The lowest BCUT2D eigenvalue weighted by Crippen LogP contribution is -2.11. The molecular formula is C15H15BrFNO. The van der Waals surface area contributed by atoms with Crippen molar-refractivity contribution in [2.75, 3.05) is 18.5 Å². The number of aryl methyl sites for hydroxylation is 1. The van der Waals surface area contributed by atoms with Crippen molar-refractivity contribution in [2.45, 2.75) is 6.92 Å². The molecule has 2 rings (SSSR count). The first-order chi connectivity index (χ1) is 9.15. The van der Waals surface area contributed by atoms with Crippen molar-refractivity contribution in [3.63, 3.8) is 0 Å². The van der Waals surface area contributed by atoms with Gasteiger partial charge in [0.05, 0.1) is 4.47 Å². The molecule has 0 aliphatic rings. The molecular weight excluding hydrogens is 309 g/mol. The molecule has 0 unspecified atom stereocenters. The van der Waals surface area contributed by atoms with Crippen LogP contribution in [0.15, 0.2) is 46.9 Å². The summed E-state index contributed by atoms with van der Waals surface area (Å²) in [6.45, 7) is 3.17. The molecule has 4 heteroatoms. The molecule has 0 aliphatic carbocycles. The summed E-state index contributed by atoms with van der Waals surface area (Å²) < 4.78 is 19.3. The van der Waals surface area contributed by atoms with Gasteiger partial charge in [0.15, 0.2) is 0 Å². The van der Waals surface area contributed by atoms with Crippen LogP contribution in [0.1, 0.15) is 5.56 Å². The molecule has 0 radical (unpaired) electrons. The van der Waals surface area contributed by atoms with E-state index in [2.05, 4.69) is 27.3 Å². The first-order valence-electron chi connectivity index (χ1n) is 6.03. The second-order valence-electron chi connectivity index (χ2n) is 4.22. The minimum absolute atomic E-state index is 0.301. The molecule has 0 aliphatic heterocycles. The number of rotatable bonds is 5. The summed E-state index contributed by atoms with van der Waals surface area (Å²) in [5.41, 5.74) is 2.26. The number of ether oxygens (including phenoxy) is 1. The topological polar surface area (TPSA) is 21.3 Å². The molecule has 0 aromatic heterocycles. The van der Waals surface area contributed by atoms with Crippen LogP contribution < -0.4 is 10.1 Å². The Morgan fingerprint density at radius 1 is 1.21 bits per heavy atom. The Balaban J connectivity index is 1.82. The number of halogens is 2. The van der Waals surface area contributed by atoms with E-state index in [0.29, 0.717) is 18.9 Å². The maximum atomic E-state index is 13.0. The summed E-state index contributed by atoms with van der Waals surface area (Å²) >= 11 is 3.32. The molecule has 0 atom stereocenters. The zero-order valence-corrected chi connectivity index (χ0v) is 12.2. The van der Waals surface area contributed by atoms with E-state index in [-0.39, 0.29) is 5.82 Å². The van der Waals surface area contributed by atoms with Gasteiger partial charge >= 0.3 is 0 Å². The summed E-state index contributed by atoms with van der Waals surface area (Å²) in [6.07, 6.45) is 0. The van der Waals surface area contributed by atoms with Crippen molar-refractivity contribution in [1.82, 2.24) is 0 Å². The summed E-state index contributed by atoms with van der Waals surface area (Å²) in [5, 5.41) is 3.26. The van der Waals surface area contributed by atoms with Gasteiger partial charge in [-0.1, -0.05) is 12.1 Å². The minimum atomic E-state index is -0.301. The van der Waals surface area contributed by atoms with Crippen molar-refractivity contribution in [3.8, 4) is 5.75 Å². The van der Waals surface area contributed by atoms with E-state index < -0.39 is 0 Å². The fourth-order valence-corrected chi connectivity index (χ4v) is 2.06. The van der Waals surface area contributed by atoms with Crippen LogP contribution in [0.25, 0.3) is 0 Å². The smallest absolute Gasteiger partial charge is 0.136 e. The maximum absolute atomic E-state index is 13.0. The SMILES string of the molecule is Cc1cccc(NCCOc2cc(F)ccc2Br)c1. The quantitative estimate of drug-likeness (QED) is 0.824. The summed E-state index contributed by atoms with van der Waals surface area (Å²) in [7, 11) is 0. The highest BCUT2D eigenvalue weighted by atomic mass is 79.9. The molecule has 0 fully saturated rings. The third kappa shape index (κ3) is 4.24. The maximum Gasteiger partial charge on any atom is 0.136 e. The van der Waals surface area contributed by atoms with Crippen LogP contribution in [0.4, 0.5) is 10.1 Å². The van der Waals surface area contributed by atoms with Gasteiger partial charge < -0.3 is 10.1 Å². The van der Waals surface area contributed by atoms with Crippen LogP contribution >= 0.6 is 15.9 Å². The molecule has 0 heterocycles. The van der Waals surface area contributed by atoms with Gasteiger partial charge in [-0.15, -0.1) is 0 Å². The molecule has 0 amide bonds. The molecule has 0 saturated carbocycles. The van der Waals surface area contributed by atoms with Crippen LogP contribution in [0, 0.1) is 12.7 Å². The summed E-state index contributed by atoms with van der Waals surface area (Å²) in [4.78, 5) is 0. The van der Waals surface area contributed by atoms with Gasteiger partial charge in [0.2, 0.25) is 0 Å². The molecule has 0 spiro atoms. The lowest BCUT2D eigenvalue weighted by molar-refractivity contribution is 0.329. The number of benzene rings is 2. The van der Waals surface area contributed by atoms with Crippen LogP contribution in [0.5, 0.6) is 5.75 Å². The zero-order chi connectivity index (χ0) is 13.7. The molecule has 0 bridgehead atoms. The number of nitrogens with one attached hydrogen (secondary N) is 1. The van der Waals surface area contributed by atoms with Crippen molar-refractivity contribution >= 4 is 21.6 Å². The Kier molecular flexibility index (Phi) is 4.80. The molecule has 2 nitrogen and oxygen atoms in total. The van der Waals surface area contributed by atoms with Gasteiger partial charge in [-0.3, -0.25) is 0 Å². The van der Waals surface area contributed by atoms with Crippen molar-refractivity contribution < 1.29 is 9.13 Å². The third-order valence-corrected chi connectivity index (χ3v) is 3.26. The van der Waals surface area contributed by atoms with E-state index in [4.69, 9.17) is 4.74 Å². The highest BCUT2D eigenvalue weighted by molar-refractivity contribution is 9.10. The van der Waals surface area contributed by atoms with E-state index in [1.807, 2.05) is 25.1 Å². The molecule has 19 heavy (non-hydrogen) atoms. The normalized spacial score (nSPS) is 10.3. The van der Waals surface area contributed by atoms with E-state index >= 15 is 0 Å². The van der Waals surface area contributed by atoms with Crippen LogP contribution in [-0.4, -0.2) is 13.2 Å². The molecule has 100 valence electrons. The second-order valence-corrected chi connectivity index (χ2v) is 5.07. The minimum Gasteiger partial charge on any atom is -0.490 e. The summed E-state index contributed by atoms with van der Waals surface area (Å²) in [6, 6.07) is 12.5. The largest absolute Gasteiger partial charge is 0.490 e. The first kappa shape index (κ1) is 13.9.